The fraction of sp³-hybridized carbons (Fsp3) is 0.133. The van der Waals surface area contributed by atoms with Gasteiger partial charge in [-0.15, -0.1) is 0 Å². The van der Waals surface area contributed by atoms with Gasteiger partial charge >= 0.3 is 4.94 Å². The molecule has 0 radical (unpaired) electrons. The lowest BCUT2D eigenvalue weighted by molar-refractivity contribution is 0.585. The number of aryl methyl sites for hydroxylation is 2. The van der Waals surface area contributed by atoms with Gasteiger partial charge in [0.15, 0.2) is 5.58 Å². The molecule has 2 aromatic carbocycles. The highest BCUT2D eigenvalue weighted by molar-refractivity contribution is 7.92. The number of rotatable bonds is 3. The Labute approximate surface area is 141 Å². The first-order valence-corrected chi connectivity index (χ1v) is 9.27. The number of halogens is 1. The first kappa shape index (κ1) is 16.0. The van der Waals surface area contributed by atoms with Crippen LogP contribution < -0.4 is 9.66 Å². The lowest BCUT2D eigenvalue weighted by Gasteiger charge is -2.11. The van der Waals surface area contributed by atoms with E-state index in [0.29, 0.717) is 10.3 Å². The molecule has 0 amide bonds. The molecule has 1 heterocycles. The molecule has 0 fully saturated rings. The van der Waals surface area contributed by atoms with Crippen molar-refractivity contribution >= 4 is 48.9 Å². The zero-order valence-electron chi connectivity index (χ0n) is 12.2. The van der Waals surface area contributed by atoms with Crippen molar-refractivity contribution in [2.24, 2.45) is 0 Å². The van der Waals surface area contributed by atoms with Crippen molar-refractivity contribution in [3.8, 4) is 0 Å². The largest absolute Gasteiger partial charge is 0.412 e. The Morgan fingerprint density at radius 2 is 1.91 bits per heavy atom. The quantitative estimate of drug-likeness (QED) is 0.759. The average Bonchev–Trinajstić information content (AvgIpc) is 2.78. The van der Waals surface area contributed by atoms with E-state index in [0.717, 1.165) is 16.9 Å². The van der Waals surface area contributed by atoms with E-state index < -0.39 is 15.0 Å². The Hall–Kier alpha value is -1.83. The Morgan fingerprint density at radius 3 is 2.61 bits per heavy atom. The smallest absolute Gasteiger partial charge is 0.396 e. The van der Waals surface area contributed by atoms with Gasteiger partial charge in [-0.25, -0.2) is 13.2 Å². The van der Waals surface area contributed by atoms with Crippen LogP contribution in [0.3, 0.4) is 0 Å². The van der Waals surface area contributed by atoms with Gasteiger partial charge in [0.2, 0.25) is 0 Å². The second-order valence-corrected chi connectivity index (χ2v) is 8.15. The molecule has 0 aliphatic rings. The highest BCUT2D eigenvalue weighted by atomic mass is 35.5. The van der Waals surface area contributed by atoms with Gasteiger partial charge in [0.05, 0.1) is 20.3 Å². The molecular formula is C15H12ClNO4S2. The van der Waals surface area contributed by atoms with Crippen molar-refractivity contribution in [1.82, 2.24) is 0 Å². The summed E-state index contributed by atoms with van der Waals surface area (Å²) >= 11 is 6.91. The summed E-state index contributed by atoms with van der Waals surface area (Å²) in [5.74, 6) is 0. The highest BCUT2D eigenvalue weighted by Gasteiger charge is 2.18. The summed E-state index contributed by atoms with van der Waals surface area (Å²) in [5.41, 5.74) is 2.17. The maximum absolute atomic E-state index is 12.6. The van der Waals surface area contributed by atoms with Crippen molar-refractivity contribution in [2.45, 2.75) is 18.7 Å². The molecule has 8 heteroatoms. The number of hydrogen-bond donors (Lipinski definition) is 1. The fourth-order valence-corrected chi connectivity index (χ4v) is 4.62. The lowest BCUT2D eigenvalue weighted by atomic mass is 10.2. The molecule has 1 aromatic heterocycles. The average molecular weight is 370 g/mol. The van der Waals surface area contributed by atoms with Crippen LogP contribution in [0.1, 0.15) is 11.1 Å². The van der Waals surface area contributed by atoms with E-state index in [4.69, 9.17) is 16.0 Å². The van der Waals surface area contributed by atoms with E-state index in [1.54, 1.807) is 25.1 Å². The molecule has 0 saturated carbocycles. The predicted octanol–water partition coefficient (Wildman–Crippen LogP) is 3.93. The molecule has 0 aliphatic carbocycles. The van der Waals surface area contributed by atoms with Gasteiger partial charge in [-0.05, 0) is 37.6 Å². The van der Waals surface area contributed by atoms with Crippen LogP contribution in [0.5, 0.6) is 0 Å². The van der Waals surface area contributed by atoms with Crippen LogP contribution in [0, 0.1) is 13.8 Å². The molecule has 23 heavy (non-hydrogen) atoms. The number of anilines is 1. The number of hydrogen-bond acceptors (Lipinski definition) is 5. The lowest BCUT2D eigenvalue weighted by Crippen LogP contribution is -2.14. The summed E-state index contributed by atoms with van der Waals surface area (Å²) in [4.78, 5) is 11.0. The minimum Gasteiger partial charge on any atom is -0.412 e. The van der Waals surface area contributed by atoms with E-state index in [1.165, 1.54) is 12.1 Å². The molecule has 5 nitrogen and oxygen atoms in total. The van der Waals surface area contributed by atoms with Gasteiger partial charge in [0, 0.05) is 0 Å². The van der Waals surface area contributed by atoms with Gasteiger partial charge < -0.3 is 4.42 Å². The van der Waals surface area contributed by atoms with E-state index in [2.05, 4.69) is 4.72 Å². The van der Waals surface area contributed by atoms with E-state index in [9.17, 15) is 13.2 Å². The predicted molar refractivity (Wildman–Crippen MR) is 92.1 cm³/mol. The van der Waals surface area contributed by atoms with Crippen LogP contribution in [0.2, 0.25) is 5.02 Å². The van der Waals surface area contributed by atoms with Crippen molar-refractivity contribution < 1.29 is 12.8 Å². The van der Waals surface area contributed by atoms with Gasteiger partial charge in [-0.1, -0.05) is 40.6 Å². The molecule has 0 spiro atoms. The van der Waals surface area contributed by atoms with Gasteiger partial charge in [-0.3, -0.25) is 4.72 Å². The van der Waals surface area contributed by atoms with Crippen LogP contribution in [0.15, 0.2) is 44.4 Å². The Balaban J connectivity index is 2.05. The topological polar surface area (TPSA) is 76.4 Å². The first-order chi connectivity index (χ1) is 10.8. The van der Waals surface area contributed by atoms with Crippen LogP contribution in [-0.4, -0.2) is 8.42 Å². The van der Waals surface area contributed by atoms with Gasteiger partial charge in [0.25, 0.3) is 10.0 Å². The third kappa shape index (κ3) is 3.12. The summed E-state index contributed by atoms with van der Waals surface area (Å²) in [5, 5.41) is 0.180. The van der Waals surface area contributed by atoms with Crippen LogP contribution >= 0.6 is 22.9 Å². The minimum atomic E-state index is -3.75. The van der Waals surface area contributed by atoms with E-state index in [1.807, 2.05) is 6.92 Å². The zero-order valence-corrected chi connectivity index (χ0v) is 14.6. The van der Waals surface area contributed by atoms with Gasteiger partial charge in [0.1, 0.15) is 0 Å². The molecule has 0 atom stereocenters. The van der Waals surface area contributed by atoms with Gasteiger partial charge in [-0.2, -0.15) is 0 Å². The minimum absolute atomic E-state index is 0.180. The summed E-state index contributed by atoms with van der Waals surface area (Å²) in [6.07, 6.45) is 0. The second kappa shape index (κ2) is 5.67. The van der Waals surface area contributed by atoms with Crippen LogP contribution in [-0.2, 0) is 10.0 Å². The maximum atomic E-state index is 12.6. The Bertz CT molecular complexity index is 1070. The van der Waals surface area contributed by atoms with E-state index >= 15 is 0 Å². The highest BCUT2D eigenvalue weighted by Crippen LogP contribution is 2.31. The van der Waals surface area contributed by atoms with Crippen LogP contribution in [0.4, 0.5) is 5.69 Å². The fourth-order valence-electron chi connectivity index (χ4n) is 2.31. The van der Waals surface area contributed by atoms with Crippen LogP contribution in [0.25, 0.3) is 10.3 Å². The molecule has 1 N–H and O–H groups in total. The molecule has 3 rings (SSSR count). The molecular weight excluding hydrogens is 358 g/mol. The van der Waals surface area contributed by atoms with Crippen molar-refractivity contribution in [2.75, 3.05) is 4.72 Å². The number of nitrogens with one attached hydrogen (secondary N) is 1. The van der Waals surface area contributed by atoms with Crippen molar-refractivity contribution in [3.63, 3.8) is 0 Å². The molecule has 0 bridgehead atoms. The third-order valence-electron chi connectivity index (χ3n) is 3.26. The summed E-state index contributed by atoms with van der Waals surface area (Å²) in [6, 6.07) is 8.04. The maximum Gasteiger partial charge on any atom is 0.396 e. The zero-order chi connectivity index (χ0) is 16.8. The monoisotopic (exact) mass is 369 g/mol. The molecule has 0 saturated heterocycles. The molecule has 0 aliphatic heterocycles. The SMILES string of the molecule is Cc1ccc(S(=O)(=O)Nc2cc(Cl)c3oc(=O)sc3c2)c(C)c1. The van der Waals surface area contributed by atoms with Crippen molar-refractivity contribution in [1.29, 1.82) is 0 Å². The molecule has 3 aromatic rings. The Kier molecular flexibility index (Phi) is 3.95. The normalized spacial score (nSPS) is 11.8. The van der Waals surface area contributed by atoms with E-state index in [-0.39, 0.29) is 21.2 Å². The summed E-state index contributed by atoms with van der Waals surface area (Å²) < 4.78 is 33.0. The number of benzene rings is 2. The van der Waals surface area contributed by atoms with Crippen molar-refractivity contribution in [3.05, 3.63) is 56.2 Å². The third-order valence-corrected chi connectivity index (χ3v) is 5.86. The second-order valence-electron chi connectivity index (χ2n) is 5.11. The Morgan fingerprint density at radius 1 is 1.17 bits per heavy atom. The molecule has 120 valence electrons. The standard InChI is InChI=1S/C15H12ClNO4S2/c1-8-3-4-13(9(2)5-8)23(19,20)17-10-6-11(16)14-12(7-10)22-15(18)21-14/h3-7,17H,1-2H3. The number of fused-ring (bicyclic) bond motifs is 1. The summed E-state index contributed by atoms with van der Waals surface area (Å²) in [6.45, 7) is 3.63. The summed E-state index contributed by atoms with van der Waals surface area (Å²) in [7, 11) is -3.75. The number of sulfonamides is 1. The molecule has 0 unspecified atom stereocenters. The first-order valence-electron chi connectivity index (χ1n) is 6.59.